The van der Waals surface area contributed by atoms with Gasteiger partial charge in [-0.25, -0.2) is 9.59 Å². The molecule has 0 saturated carbocycles. The number of hydrogen-bond donors (Lipinski definition) is 0. The second kappa shape index (κ2) is 12.7. The van der Waals surface area contributed by atoms with E-state index in [0.29, 0.717) is 39.8 Å². The molecule has 0 fully saturated rings. The fourth-order valence-electron chi connectivity index (χ4n) is 2.86. The Kier molecular flexibility index (Phi) is 9.69. The normalized spacial score (nSPS) is 10.2. The van der Waals surface area contributed by atoms with Gasteiger partial charge in [-0.2, -0.15) is 10.5 Å². The summed E-state index contributed by atoms with van der Waals surface area (Å²) < 4.78 is 10.1. The maximum atomic E-state index is 11.3. The van der Waals surface area contributed by atoms with Crippen molar-refractivity contribution >= 4 is 39.7 Å². The molecule has 0 aliphatic heterocycles. The molecule has 174 valence electrons. The number of nitriles is 2. The smallest absolute Gasteiger partial charge is 0.330 e. The van der Waals surface area contributed by atoms with Crippen molar-refractivity contribution in [2.24, 2.45) is 10.2 Å². The first-order valence-electron chi connectivity index (χ1n) is 10.1. The standard InChI is InChI=1S/C24H23N5O4S/c1-5-22(30)32-11-9-29(10-12-33-23(31)6-2)18-7-8-20(16(3)13-18)27-28-24-19(14-25)17(4)21(15-26)34-24/h5-8,13H,1-2,9-12H2,3-4H3. The van der Waals surface area contributed by atoms with Gasteiger partial charge in [0, 0.05) is 17.8 Å². The topological polar surface area (TPSA) is 128 Å². The first-order valence-corrected chi connectivity index (χ1v) is 11.0. The molecule has 34 heavy (non-hydrogen) atoms. The lowest BCUT2D eigenvalue weighted by Crippen LogP contribution is -2.32. The van der Waals surface area contributed by atoms with Gasteiger partial charge in [-0.3, -0.25) is 0 Å². The number of esters is 2. The molecule has 0 N–H and O–H groups in total. The Bertz CT molecular complexity index is 1180. The summed E-state index contributed by atoms with van der Waals surface area (Å²) in [6.07, 6.45) is 2.18. The predicted molar refractivity (Wildman–Crippen MR) is 128 cm³/mol. The first-order chi connectivity index (χ1) is 16.3. The number of carbonyl (C=O) groups excluding carboxylic acids is 2. The van der Waals surface area contributed by atoms with Crippen molar-refractivity contribution in [3.05, 3.63) is 65.1 Å². The lowest BCUT2D eigenvalue weighted by molar-refractivity contribution is -0.137. The highest BCUT2D eigenvalue weighted by atomic mass is 32.1. The molecule has 2 rings (SSSR count). The van der Waals surface area contributed by atoms with Gasteiger partial charge in [-0.1, -0.05) is 13.2 Å². The Balaban J connectivity index is 2.22. The van der Waals surface area contributed by atoms with E-state index in [4.69, 9.17) is 9.47 Å². The van der Waals surface area contributed by atoms with E-state index < -0.39 is 11.9 Å². The van der Waals surface area contributed by atoms with Crippen LogP contribution in [0.3, 0.4) is 0 Å². The van der Waals surface area contributed by atoms with Gasteiger partial charge in [0.15, 0.2) is 5.00 Å². The van der Waals surface area contributed by atoms with Crippen molar-refractivity contribution in [2.45, 2.75) is 13.8 Å². The van der Waals surface area contributed by atoms with Crippen molar-refractivity contribution in [1.82, 2.24) is 0 Å². The van der Waals surface area contributed by atoms with Crippen LogP contribution >= 0.6 is 11.3 Å². The fraction of sp³-hybridized carbons (Fsp3) is 0.250. The zero-order valence-electron chi connectivity index (χ0n) is 18.9. The highest BCUT2D eigenvalue weighted by molar-refractivity contribution is 7.16. The summed E-state index contributed by atoms with van der Waals surface area (Å²) in [5.41, 5.74) is 3.14. The van der Waals surface area contributed by atoms with E-state index in [1.807, 2.05) is 24.0 Å². The van der Waals surface area contributed by atoms with Crippen LogP contribution in [0.15, 0.2) is 53.7 Å². The zero-order valence-corrected chi connectivity index (χ0v) is 19.7. The van der Waals surface area contributed by atoms with E-state index in [-0.39, 0.29) is 13.2 Å². The van der Waals surface area contributed by atoms with Crippen LogP contribution in [0, 0.1) is 36.5 Å². The third-order valence-corrected chi connectivity index (χ3v) is 5.76. The van der Waals surface area contributed by atoms with Gasteiger partial charge in [-0.15, -0.1) is 21.6 Å². The monoisotopic (exact) mass is 477 g/mol. The maximum Gasteiger partial charge on any atom is 0.330 e. The molecule has 9 nitrogen and oxygen atoms in total. The second-order valence-corrected chi connectivity index (χ2v) is 7.86. The van der Waals surface area contributed by atoms with Crippen LogP contribution in [0.5, 0.6) is 0 Å². The SMILES string of the molecule is C=CC(=O)OCCN(CCOC(=O)C=C)c1ccc(N=Nc2sc(C#N)c(C)c2C#N)c(C)c1. The number of azo groups is 1. The Morgan fingerprint density at radius 2 is 1.68 bits per heavy atom. The second-order valence-electron chi connectivity index (χ2n) is 6.86. The number of hydrogen-bond acceptors (Lipinski definition) is 10. The maximum absolute atomic E-state index is 11.3. The molecule has 1 aromatic carbocycles. The number of nitrogens with zero attached hydrogens (tertiary/aromatic N) is 5. The molecule has 0 aliphatic carbocycles. The molecular weight excluding hydrogens is 454 g/mol. The highest BCUT2D eigenvalue weighted by Gasteiger charge is 2.15. The molecule has 0 spiro atoms. The summed E-state index contributed by atoms with van der Waals surface area (Å²) in [7, 11) is 0. The molecule has 0 amide bonds. The van der Waals surface area contributed by atoms with Crippen molar-refractivity contribution in [3.8, 4) is 12.1 Å². The fourth-order valence-corrected chi connectivity index (χ4v) is 3.73. The van der Waals surface area contributed by atoms with Crippen LogP contribution in [-0.4, -0.2) is 38.2 Å². The largest absolute Gasteiger partial charge is 0.461 e. The molecule has 0 bridgehead atoms. The Morgan fingerprint density at radius 3 is 2.18 bits per heavy atom. The summed E-state index contributed by atoms with van der Waals surface area (Å²) in [6.45, 7) is 11.3. The van der Waals surface area contributed by atoms with E-state index >= 15 is 0 Å². The summed E-state index contributed by atoms with van der Waals surface area (Å²) >= 11 is 1.12. The molecule has 2 aromatic rings. The van der Waals surface area contributed by atoms with Crippen LogP contribution in [0.25, 0.3) is 0 Å². The van der Waals surface area contributed by atoms with E-state index in [1.165, 1.54) is 0 Å². The quantitative estimate of drug-likeness (QED) is 0.258. The van der Waals surface area contributed by atoms with Crippen LogP contribution in [0.2, 0.25) is 0 Å². The van der Waals surface area contributed by atoms with Crippen molar-refractivity contribution in [2.75, 3.05) is 31.2 Å². The van der Waals surface area contributed by atoms with Gasteiger partial charge < -0.3 is 14.4 Å². The van der Waals surface area contributed by atoms with Gasteiger partial charge in [-0.05, 0) is 43.2 Å². The Labute approximate surface area is 201 Å². The molecule has 0 atom stereocenters. The Hall–Kier alpha value is -4.28. The predicted octanol–water partition coefficient (Wildman–Crippen LogP) is 4.79. The third kappa shape index (κ3) is 6.86. The van der Waals surface area contributed by atoms with Gasteiger partial charge in [0.25, 0.3) is 0 Å². The van der Waals surface area contributed by atoms with Gasteiger partial charge >= 0.3 is 11.9 Å². The first kappa shape index (κ1) is 26.0. The third-order valence-electron chi connectivity index (χ3n) is 4.68. The van der Waals surface area contributed by atoms with Gasteiger partial charge in [0.05, 0.1) is 24.3 Å². The number of thiophene rings is 1. The average Bonchev–Trinajstić information content (AvgIpc) is 3.15. The van der Waals surface area contributed by atoms with E-state index in [2.05, 4.69) is 35.5 Å². The van der Waals surface area contributed by atoms with Crippen LogP contribution < -0.4 is 4.90 Å². The molecule has 0 aliphatic rings. The number of anilines is 1. The highest BCUT2D eigenvalue weighted by Crippen LogP contribution is 2.36. The molecule has 0 radical (unpaired) electrons. The summed E-state index contributed by atoms with van der Waals surface area (Å²) in [5.74, 6) is -1.05. The van der Waals surface area contributed by atoms with Crippen LogP contribution in [0.4, 0.5) is 16.4 Å². The van der Waals surface area contributed by atoms with E-state index in [1.54, 1.807) is 13.0 Å². The number of ether oxygens (including phenoxy) is 2. The lowest BCUT2D eigenvalue weighted by atomic mass is 10.1. The van der Waals surface area contributed by atoms with Crippen molar-refractivity contribution in [1.29, 1.82) is 10.5 Å². The van der Waals surface area contributed by atoms with E-state index in [9.17, 15) is 20.1 Å². The molecule has 0 unspecified atom stereocenters. The van der Waals surface area contributed by atoms with Crippen LogP contribution in [-0.2, 0) is 19.1 Å². The zero-order chi connectivity index (χ0) is 25.1. The minimum Gasteiger partial charge on any atom is -0.461 e. The molecule has 0 saturated heterocycles. The lowest BCUT2D eigenvalue weighted by Gasteiger charge is -2.25. The van der Waals surface area contributed by atoms with Gasteiger partial charge in [0.2, 0.25) is 0 Å². The Morgan fingerprint density at radius 1 is 1.06 bits per heavy atom. The minimum atomic E-state index is -0.523. The molecular formula is C24H23N5O4S. The number of benzene rings is 1. The molecule has 1 aromatic heterocycles. The number of rotatable bonds is 11. The molecule has 1 heterocycles. The summed E-state index contributed by atoms with van der Waals surface area (Å²) in [4.78, 5) is 25.0. The average molecular weight is 478 g/mol. The van der Waals surface area contributed by atoms with Gasteiger partial charge in [0.1, 0.15) is 30.2 Å². The van der Waals surface area contributed by atoms with Crippen molar-refractivity contribution in [3.63, 3.8) is 0 Å². The minimum absolute atomic E-state index is 0.122. The summed E-state index contributed by atoms with van der Waals surface area (Å²) in [6, 6.07) is 9.60. The summed E-state index contributed by atoms with van der Waals surface area (Å²) in [5, 5.41) is 27.4. The number of aryl methyl sites for hydroxylation is 1. The van der Waals surface area contributed by atoms with Crippen molar-refractivity contribution < 1.29 is 19.1 Å². The number of carbonyl (C=O) groups is 2. The molecule has 10 heteroatoms. The van der Waals surface area contributed by atoms with E-state index in [0.717, 1.165) is 34.7 Å². The van der Waals surface area contributed by atoms with Crippen LogP contribution in [0.1, 0.15) is 21.6 Å².